The number of likely N-dealkylation sites (N-methyl/N-ethyl adjacent to an activating group) is 1. The molecule has 9 nitrogen and oxygen atoms in total. The predicted octanol–water partition coefficient (Wildman–Crippen LogP) is 2.85. The van der Waals surface area contributed by atoms with Gasteiger partial charge in [0.2, 0.25) is 5.88 Å². The number of hydrogen-bond acceptors (Lipinski definition) is 8. The molecule has 4 heterocycles. The molecule has 0 aliphatic carbocycles. The van der Waals surface area contributed by atoms with E-state index >= 15 is 0 Å². The summed E-state index contributed by atoms with van der Waals surface area (Å²) in [7, 11) is 7.69. The summed E-state index contributed by atoms with van der Waals surface area (Å²) in [6.07, 6.45) is 1.37. The second-order valence-corrected chi connectivity index (χ2v) is 9.08. The lowest BCUT2D eigenvalue weighted by molar-refractivity contribution is 0.0957. The van der Waals surface area contributed by atoms with E-state index in [1.165, 1.54) is 0 Å². The largest absolute Gasteiger partial charge is 0.481 e. The van der Waals surface area contributed by atoms with Crippen LogP contribution in [0.1, 0.15) is 0 Å². The average molecular weight is 463 g/mol. The number of aromatic nitrogens is 2. The number of amides is 1. The Hall–Kier alpha value is -3.59. The number of benzene rings is 1. The molecule has 2 saturated heterocycles. The summed E-state index contributed by atoms with van der Waals surface area (Å²) >= 11 is 0. The molecule has 0 unspecified atom stereocenters. The molecule has 5 rings (SSSR count). The van der Waals surface area contributed by atoms with Crippen molar-refractivity contribution in [3.05, 3.63) is 48.7 Å². The normalized spacial score (nSPS) is 18.4. The zero-order valence-corrected chi connectivity index (χ0v) is 20.0. The Labute approximate surface area is 199 Å². The molecular weight excluding hydrogens is 432 g/mol. The van der Waals surface area contributed by atoms with Crippen LogP contribution in [0.4, 0.5) is 21.9 Å². The van der Waals surface area contributed by atoms with Gasteiger partial charge in [-0.05, 0) is 37.4 Å². The smallest absolute Gasteiger partial charge is 0.414 e. The second kappa shape index (κ2) is 8.98. The standard InChI is InChI=1S/C25H30N6O3/c1-28(2)17-6-5-7-18(12-17)31-16-20(34-25(31)32)15-29(3)19-13-30(14-19)22-10-11-26-21-8-9-23(33-4)27-24(21)22/h5-12,19-20H,13-16H2,1-4H3/t20-/m1/s1. The van der Waals surface area contributed by atoms with Crippen molar-refractivity contribution in [2.45, 2.75) is 12.1 Å². The molecule has 34 heavy (non-hydrogen) atoms. The summed E-state index contributed by atoms with van der Waals surface area (Å²) in [6.45, 7) is 3.00. The number of ether oxygens (including phenoxy) is 2. The van der Waals surface area contributed by atoms with Gasteiger partial charge in [-0.15, -0.1) is 0 Å². The lowest BCUT2D eigenvalue weighted by atomic mass is 10.1. The van der Waals surface area contributed by atoms with E-state index in [2.05, 4.69) is 26.8 Å². The number of rotatable bonds is 7. The first-order valence-corrected chi connectivity index (χ1v) is 11.4. The Morgan fingerprint density at radius 2 is 1.94 bits per heavy atom. The minimum Gasteiger partial charge on any atom is -0.481 e. The number of nitrogens with zero attached hydrogens (tertiary/aromatic N) is 6. The predicted molar refractivity (Wildman–Crippen MR) is 133 cm³/mol. The molecule has 1 atom stereocenters. The van der Waals surface area contributed by atoms with Crippen LogP contribution in [-0.2, 0) is 4.74 Å². The van der Waals surface area contributed by atoms with E-state index in [1.807, 2.05) is 67.7 Å². The molecule has 2 aliphatic heterocycles. The van der Waals surface area contributed by atoms with E-state index < -0.39 is 0 Å². The first kappa shape index (κ1) is 22.2. The van der Waals surface area contributed by atoms with Gasteiger partial charge in [-0.25, -0.2) is 9.78 Å². The van der Waals surface area contributed by atoms with Gasteiger partial charge in [-0.1, -0.05) is 6.07 Å². The van der Waals surface area contributed by atoms with E-state index in [0.29, 0.717) is 25.0 Å². The van der Waals surface area contributed by atoms with Crippen molar-refractivity contribution in [2.75, 3.05) is 69.1 Å². The van der Waals surface area contributed by atoms with E-state index in [-0.39, 0.29) is 12.2 Å². The second-order valence-electron chi connectivity index (χ2n) is 9.08. The highest BCUT2D eigenvalue weighted by Gasteiger charge is 2.37. The fourth-order valence-corrected chi connectivity index (χ4v) is 4.53. The fraction of sp³-hybridized carbons (Fsp3) is 0.400. The molecule has 178 valence electrons. The molecule has 1 aromatic carbocycles. The van der Waals surface area contributed by atoms with Crippen molar-refractivity contribution in [1.29, 1.82) is 0 Å². The fourth-order valence-electron chi connectivity index (χ4n) is 4.53. The van der Waals surface area contributed by atoms with E-state index in [4.69, 9.17) is 9.47 Å². The number of carbonyl (C=O) groups is 1. The van der Waals surface area contributed by atoms with Crippen molar-refractivity contribution < 1.29 is 14.3 Å². The molecular formula is C25H30N6O3. The monoisotopic (exact) mass is 462 g/mol. The number of cyclic esters (lactones) is 1. The Morgan fingerprint density at radius 1 is 1.12 bits per heavy atom. The van der Waals surface area contributed by atoms with Crippen LogP contribution in [0.5, 0.6) is 5.88 Å². The number of pyridine rings is 2. The van der Waals surface area contributed by atoms with Gasteiger partial charge < -0.3 is 19.3 Å². The Bertz CT molecular complexity index is 1200. The van der Waals surface area contributed by atoms with Crippen LogP contribution in [0.15, 0.2) is 48.7 Å². The van der Waals surface area contributed by atoms with Crippen molar-refractivity contribution >= 4 is 34.2 Å². The highest BCUT2D eigenvalue weighted by atomic mass is 16.6. The quantitative estimate of drug-likeness (QED) is 0.531. The van der Waals surface area contributed by atoms with Gasteiger partial charge in [0.1, 0.15) is 11.6 Å². The van der Waals surface area contributed by atoms with Crippen molar-refractivity contribution in [3.63, 3.8) is 0 Å². The summed E-state index contributed by atoms with van der Waals surface area (Å²) in [4.78, 5) is 29.9. The molecule has 9 heteroatoms. The van der Waals surface area contributed by atoms with Crippen LogP contribution in [0, 0.1) is 0 Å². The first-order chi connectivity index (χ1) is 16.4. The molecule has 2 fully saturated rings. The average Bonchev–Trinajstić information content (AvgIpc) is 3.17. The zero-order chi connectivity index (χ0) is 23.8. The molecule has 1 amide bonds. The highest BCUT2D eigenvalue weighted by molar-refractivity contribution is 5.90. The molecule has 0 N–H and O–H groups in total. The third-order valence-electron chi connectivity index (χ3n) is 6.60. The Morgan fingerprint density at radius 3 is 2.71 bits per heavy atom. The number of anilines is 3. The Balaban J connectivity index is 1.20. The number of carbonyl (C=O) groups excluding carboxylic acids is 1. The van der Waals surface area contributed by atoms with Gasteiger partial charge in [0.25, 0.3) is 0 Å². The summed E-state index contributed by atoms with van der Waals surface area (Å²) in [6, 6.07) is 14.1. The zero-order valence-electron chi connectivity index (χ0n) is 20.0. The number of hydrogen-bond donors (Lipinski definition) is 0. The lowest BCUT2D eigenvalue weighted by Gasteiger charge is -2.45. The maximum atomic E-state index is 12.6. The van der Waals surface area contributed by atoms with Crippen LogP contribution in [0.2, 0.25) is 0 Å². The van der Waals surface area contributed by atoms with Gasteiger partial charge in [-0.2, -0.15) is 0 Å². The number of methoxy groups -OCH3 is 1. The molecule has 0 bridgehead atoms. The SMILES string of the molecule is COc1ccc2nccc(N3CC(N(C)C[C@@H]4CN(c5cccc(N(C)C)c5)C(=O)O4)C3)c2n1. The third kappa shape index (κ3) is 4.19. The highest BCUT2D eigenvalue weighted by Crippen LogP contribution is 2.31. The maximum absolute atomic E-state index is 12.6. The molecule has 3 aromatic rings. The molecule has 2 aromatic heterocycles. The summed E-state index contributed by atoms with van der Waals surface area (Å²) < 4.78 is 11.0. The Kier molecular flexibility index (Phi) is 5.87. The van der Waals surface area contributed by atoms with E-state index in [1.54, 1.807) is 12.0 Å². The summed E-state index contributed by atoms with van der Waals surface area (Å²) in [5.74, 6) is 0.583. The van der Waals surface area contributed by atoms with Crippen LogP contribution < -0.4 is 19.4 Å². The molecule has 0 saturated carbocycles. The number of fused-ring (bicyclic) bond motifs is 1. The minimum absolute atomic E-state index is 0.165. The van der Waals surface area contributed by atoms with Gasteiger partial charge in [-0.3, -0.25) is 14.8 Å². The summed E-state index contributed by atoms with van der Waals surface area (Å²) in [5, 5.41) is 0. The van der Waals surface area contributed by atoms with Gasteiger partial charge >= 0.3 is 6.09 Å². The topological polar surface area (TPSA) is 74.3 Å². The third-order valence-corrected chi connectivity index (χ3v) is 6.60. The van der Waals surface area contributed by atoms with Crippen LogP contribution in [0.25, 0.3) is 11.0 Å². The maximum Gasteiger partial charge on any atom is 0.414 e. The molecule has 0 radical (unpaired) electrons. The first-order valence-electron chi connectivity index (χ1n) is 11.4. The van der Waals surface area contributed by atoms with Gasteiger partial charge in [0.05, 0.1) is 24.9 Å². The van der Waals surface area contributed by atoms with Gasteiger partial charge in [0.15, 0.2) is 0 Å². The van der Waals surface area contributed by atoms with Crippen LogP contribution in [0.3, 0.4) is 0 Å². The minimum atomic E-state index is -0.284. The van der Waals surface area contributed by atoms with E-state index in [0.717, 1.165) is 41.2 Å². The van der Waals surface area contributed by atoms with Crippen LogP contribution in [-0.4, -0.2) is 87.5 Å². The molecule has 2 aliphatic rings. The summed E-state index contributed by atoms with van der Waals surface area (Å²) in [5.41, 5.74) is 4.68. The van der Waals surface area contributed by atoms with Crippen molar-refractivity contribution in [3.8, 4) is 5.88 Å². The van der Waals surface area contributed by atoms with Crippen molar-refractivity contribution in [1.82, 2.24) is 14.9 Å². The van der Waals surface area contributed by atoms with E-state index in [9.17, 15) is 4.79 Å². The van der Waals surface area contributed by atoms with Crippen molar-refractivity contribution in [2.24, 2.45) is 0 Å². The lowest BCUT2D eigenvalue weighted by Crippen LogP contribution is -2.59. The van der Waals surface area contributed by atoms with Crippen LogP contribution >= 0.6 is 0 Å². The van der Waals surface area contributed by atoms with Gasteiger partial charge in [0, 0.05) is 63.4 Å². The molecule has 0 spiro atoms.